The van der Waals surface area contributed by atoms with E-state index >= 15 is 0 Å². The molecule has 3 rings (SSSR count). The second-order valence-electron chi connectivity index (χ2n) is 6.92. The molecule has 2 unspecified atom stereocenters. The summed E-state index contributed by atoms with van der Waals surface area (Å²) in [6.07, 6.45) is 7.74. The molecule has 0 aromatic heterocycles. The van der Waals surface area contributed by atoms with Gasteiger partial charge in [-0.15, -0.1) is 0 Å². The van der Waals surface area contributed by atoms with Crippen molar-refractivity contribution in [2.75, 3.05) is 14.2 Å². The predicted molar refractivity (Wildman–Crippen MR) is 107 cm³/mol. The summed E-state index contributed by atoms with van der Waals surface area (Å²) in [7, 11) is 3.31. The molecule has 1 N–H and O–H groups in total. The highest BCUT2D eigenvalue weighted by Gasteiger charge is 2.19. The maximum Gasteiger partial charge on any atom is 0.221 e. The van der Waals surface area contributed by atoms with Gasteiger partial charge in [-0.2, -0.15) is 0 Å². The Kier molecular flexibility index (Phi) is 6.53. The van der Waals surface area contributed by atoms with Gasteiger partial charge < -0.3 is 14.8 Å². The fourth-order valence-corrected chi connectivity index (χ4v) is 3.44. The van der Waals surface area contributed by atoms with Gasteiger partial charge in [0.05, 0.1) is 20.3 Å². The highest BCUT2D eigenvalue weighted by Crippen LogP contribution is 2.25. The first-order valence-electron chi connectivity index (χ1n) is 9.41. The molecular weight excluding hydrogens is 338 g/mol. The van der Waals surface area contributed by atoms with Crippen LogP contribution in [0.4, 0.5) is 0 Å². The van der Waals surface area contributed by atoms with Gasteiger partial charge in [0.1, 0.15) is 11.5 Å². The van der Waals surface area contributed by atoms with Gasteiger partial charge in [-0.25, -0.2) is 0 Å². The van der Waals surface area contributed by atoms with Crippen molar-refractivity contribution >= 4 is 5.91 Å². The molecular formula is C23H27NO3. The number of ether oxygens (including phenoxy) is 2. The SMILES string of the molecule is COc1ccc(CC(NC(=O)CC2C=CCC2)c2ccc(OC)cc2)cc1. The van der Waals surface area contributed by atoms with Crippen LogP contribution < -0.4 is 14.8 Å². The number of rotatable bonds is 8. The summed E-state index contributed by atoms with van der Waals surface area (Å²) < 4.78 is 10.5. The van der Waals surface area contributed by atoms with Gasteiger partial charge in [0.25, 0.3) is 0 Å². The maximum atomic E-state index is 12.6. The van der Waals surface area contributed by atoms with Crippen LogP contribution in [0.25, 0.3) is 0 Å². The minimum Gasteiger partial charge on any atom is -0.497 e. The van der Waals surface area contributed by atoms with E-state index in [1.807, 2.05) is 48.5 Å². The van der Waals surface area contributed by atoms with E-state index in [0.717, 1.165) is 41.9 Å². The first-order valence-corrected chi connectivity index (χ1v) is 9.41. The summed E-state index contributed by atoms with van der Waals surface area (Å²) >= 11 is 0. The van der Waals surface area contributed by atoms with Crippen LogP contribution in [0.3, 0.4) is 0 Å². The molecule has 2 aromatic carbocycles. The van der Waals surface area contributed by atoms with Crippen LogP contribution in [0.15, 0.2) is 60.7 Å². The summed E-state index contributed by atoms with van der Waals surface area (Å²) in [6.45, 7) is 0. The number of carbonyl (C=O) groups excluding carboxylic acids is 1. The molecule has 142 valence electrons. The third-order valence-corrected chi connectivity index (χ3v) is 5.01. The molecule has 0 spiro atoms. The van der Waals surface area contributed by atoms with Gasteiger partial charge in [0.15, 0.2) is 0 Å². The number of benzene rings is 2. The molecule has 1 aliphatic carbocycles. The molecule has 0 aliphatic heterocycles. The van der Waals surface area contributed by atoms with Crippen molar-refractivity contribution in [3.8, 4) is 11.5 Å². The number of allylic oxidation sites excluding steroid dienone is 2. The lowest BCUT2D eigenvalue weighted by atomic mass is 9.97. The minimum absolute atomic E-state index is 0.0813. The minimum atomic E-state index is -0.0813. The van der Waals surface area contributed by atoms with Crippen molar-refractivity contribution in [2.45, 2.75) is 31.7 Å². The van der Waals surface area contributed by atoms with E-state index in [9.17, 15) is 4.79 Å². The molecule has 0 saturated carbocycles. The lowest BCUT2D eigenvalue weighted by Crippen LogP contribution is -2.31. The second kappa shape index (κ2) is 9.26. The summed E-state index contributed by atoms with van der Waals surface area (Å²) in [4.78, 5) is 12.6. The molecule has 0 saturated heterocycles. The van der Waals surface area contributed by atoms with E-state index in [4.69, 9.17) is 9.47 Å². The fraction of sp³-hybridized carbons (Fsp3) is 0.348. The van der Waals surface area contributed by atoms with Gasteiger partial charge in [0, 0.05) is 6.42 Å². The smallest absolute Gasteiger partial charge is 0.221 e. The Hall–Kier alpha value is -2.75. The second-order valence-corrected chi connectivity index (χ2v) is 6.92. The quantitative estimate of drug-likeness (QED) is 0.703. The van der Waals surface area contributed by atoms with Gasteiger partial charge in [-0.1, -0.05) is 36.4 Å². The average Bonchev–Trinajstić information content (AvgIpc) is 3.21. The van der Waals surface area contributed by atoms with Crippen LogP contribution in [0, 0.1) is 5.92 Å². The lowest BCUT2D eigenvalue weighted by molar-refractivity contribution is -0.122. The molecule has 1 aliphatic rings. The van der Waals surface area contributed by atoms with Crippen LogP contribution in [0.5, 0.6) is 11.5 Å². The third-order valence-electron chi connectivity index (χ3n) is 5.01. The van der Waals surface area contributed by atoms with Gasteiger partial charge in [0.2, 0.25) is 5.91 Å². The van der Waals surface area contributed by atoms with Crippen LogP contribution in [-0.2, 0) is 11.2 Å². The summed E-state index contributed by atoms with van der Waals surface area (Å²) in [5, 5.41) is 3.23. The fourth-order valence-electron chi connectivity index (χ4n) is 3.44. The van der Waals surface area contributed by atoms with Crippen molar-refractivity contribution < 1.29 is 14.3 Å². The molecule has 0 bridgehead atoms. The van der Waals surface area contributed by atoms with E-state index in [1.165, 1.54) is 0 Å². The molecule has 27 heavy (non-hydrogen) atoms. The number of hydrogen-bond donors (Lipinski definition) is 1. The Morgan fingerprint density at radius 1 is 1.04 bits per heavy atom. The third kappa shape index (κ3) is 5.36. The Balaban J connectivity index is 1.73. The highest BCUT2D eigenvalue weighted by molar-refractivity contribution is 5.77. The number of hydrogen-bond acceptors (Lipinski definition) is 3. The summed E-state index contributed by atoms with van der Waals surface area (Å²) in [5.74, 6) is 2.10. The summed E-state index contributed by atoms with van der Waals surface area (Å²) in [5.41, 5.74) is 2.22. The van der Waals surface area contributed by atoms with Crippen molar-refractivity contribution in [1.82, 2.24) is 5.32 Å². The first kappa shape index (κ1) is 19.0. The van der Waals surface area contributed by atoms with E-state index in [0.29, 0.717) is 12.3 Å². The zero-order valence-electron chi connectivity index (χ0n) is 16.0. The van der Waals surface area contributed by atoms with E-state index in [-0.39, 0.29) is 11.9 Å². The number of methoxy groups -OCH3 is 2. The van der Waals surface area contributed by atoms with Crippen molar-refractivity contribution in [2.24, 2.45) is 5.92 Å². The zero-order chi connectivity index (χ0) is 19.1. The number of amides is 1. The predicted octanol–water partition coefficient (Wildman–Crippen LogP) is 4.46. The molecule has 1 amide bonds. The van der Waals surface area contributed by atoms with Gasteiger partial charge in [-0.05, 0) is 60.6 Å². The Morgan fingerprint density at radius 3 is 2.22 bits per heavy atom. The molecule has 4 heteroatoms. The van der Waals surface area contributed by atoms with E-state index in [1.54, 1.807) is 14.2 Å². The standard InChI is InChI=1S/C23H27NO3/c1-26-20-11-7-18(8-12-20)15-22(19-9-13-21(27-2)14-10-19)24-23(25)16-17-5-3-4-6-17/h3,5,7-14,17,22H,4,6,15-16H2,1-2H3,(H,24,25). The van der Waals surface area contributed by atoms with Crippen LogP contribution in [0.1, 0.15) is 36.4 Å². The van der Waals surface area contributed by atoms with E-state index < -0.39 is 0 Å². The molecule has 2 atom stereocenters. The van der Waals surface area contributed by atoms with Crippen molar-refractivity contribution in [1.29, 1.82) is 0 Å². The normalized spacial score (nSPS) is 16.7. The summed E-state index contributed by atoms with van der Waals surface area (Å²) in [6, 6.07) is 15.8. The monoisotopic (exact) mass is 365 g/mol. The van der Waals surface area contributed by atoms with Crippen molar-refractivity contribution in [3.63, 3.8) is 0 Å². The lowest BCUT2D eigenvalue weighted by Gasteiger charge is -2.21. The average molecular weight is 365 g/mol. The number of nitrogens with one attached hydrogen (secondary N) is 1. The molecule has 0 radical (unpaired) electrons. The highest BCUT2D eigenvalue weighted by atomic mass is 16.5. The molecule has 4 nitrogen and oxygen atoms in total. The van der Waals surface area contributed by atoms with Gasteiger partial charge >= 0.3 is 0 Å². The largest absolute Gasteiger partial charge is 0.497 e. The Labute approximate surface area is 161 Å². The van der Waals surface area contributed by atoms with Gasteiger partial charge in [-0.3, -0.25) is 4.79 Å². The first-order chi connectivity index (χ1) is 13.2. The Morgan fingerprint density at radius 2 is 1.67 bits per heavy atom. The molecule has 0 heterocycles. The maximum absolute atomic E-state index is 12.6. The van der Waals surface area contributed by atoms with E-state index in [2.05, 4.69) is 17.5 Å². The van der Waals surface area contributed by atoms with Crippen LogP contribution >= 0.6 is 0 Å². The zero-order valence-corrected chi connectivity index (χ0v) is 16.0. The number of carbonyl (C=O) groups is 1. The van der Waals surface area contributed by atoms with Crippen LogP contribution in [0.2, 0.25) is 0 Å². The molecule has 0 fully saturated rings. The topological polar surface area (TPSA) is 47.6 Å². The van der Waals surface area contributed by atoms with Crippen molar-refractivity contribution in [3.05, 3.63) is 71.8 Å². The molecule has 2 aromatic rings. The van der Waals surface area contributed by atoms with Crippen LogP contribution in [-0.4, -0.2) is 20.1 Å². The Bertz CT molecular complexity index is 765.